The van der Waals surface area contributed by atoms with Gasteiger partial charge in [-0.05, 0) is 35.8 Å². The van der Waals surface area contributed by atoms with E-state index in [4.69, 9.17) is 12.2 Å². The van der Waals surface area contributed by atoms with Crippen LogP contribution in [0.4, 0.5) is 11.4 Å². The smallest absolute Gasteiger partial charge is 0.173 e. The van der Waals surface area contributed by atoms with Crippen LogP contribution in [-0.4, -0.2) is 36.2 Å². The molecule has 1 aromatic heterocycles. The molecule has 2 heterocycles. The van der Waals surface area contributed by atoms with Crippen molar-refractivity contribution in [1.29, 1.82) is 0 Å². The Hall–Kier alpha value is -2.14. The van der Waals surface area contributed by atoms with Gasteiger partial charge in [0.25, 0.3) is 0 Å². The summed E-state index contributed by atoms with van der Waals surface area (Å²) in [6.07, 6.45) is 3.93. The van der Waals surface area contributed by atoms with E-state index >= 15 is 0 Å². The first-order valence-corrected chi connectivity index (χ1v) is 8.91. The summed E-state index contributed by atoms with van der Waals surface area (Å²) in [5.41, 5.74) is 3.67. The normalized spacial score (nSPS) is 14.8. The largest absolute Gasteiger partial charge is 0.368 e. The van der Waals surface area contributed by atoms with Crippen LogP contribution >= 0.6 is 12.2 Å². The first kappa shape index (κ1) is 16.7. The predicted octanol–water partition coefficient (Wildman–Crippen LogP) is 3.14. The highest BCUT2D eigenvalue weighted by molar-refractivity contribution is 7.80. The number of nitrogens with zero attached hydrogens (tertiary/aromatic N) is 2. The summed E-state index contributed by atoms with van der Waals surface area (Å²) in [6, 6.07) is 12.8. The molecule has 1 aromatic carbocycles. The van der Waals surface area contributed by atoms with Crippen LogP contribution in [0.25, 0.3) is 0 Å². The van der Waals surface area contributed by atoms with Crippen molar-refractivity contribution >= 4 is 28.7 Å². The molecule has 1 saturated heterocycles. The molecule has 0 atom stereocenters. The highest BCUT2D eigenvalue weighted by Gasteiger charge is 2.19. The second kappa shape index (κ2) is 7.62. The number of anilines is 2. The number of benzene rings is 1. The second-order valence-electron chi connectivity index (χ2n) is 6.44. The van der Waals surface area contributed by atoms with E-state index in [9.17, 15) is 0 Å². The van der Waals surface area contributed by atoms with Crippen LogP contribution in [0.1, 0.15) is 25.3 Å². The monoisotopic (exact) mass is 341 g/mol. The van der Waals surface area contributed by atoms with Gasteiger partial charge in [-0.2, -0.15) is 0 Å². The van der Waals surface area contributed by atoms with E-state index in [1.54, 1.807) is 0 Å². The van der Waals surface area contributed by atoms with E-state index in [1.165, 1.54) is 11.3 Å². The van der Waals surface area contributed by atoms with Gasteiger partial charge in [-0.3, -0.25) is 0 Å². The zero-order valence-electron chi connectivity index (χ0n) is 14.3. The molecule has 0 saturated carbocycles. The van der Waals surface area contributed by atoms with E-state index in [0.29, 0.717) is 5.92 Å². The zero-order valence-corrected chi connectivity index (χ0v) is 15.1. The first-order chi connectivity index (χ1) is 11.6. The zero-order chi connectivity index (χ0) is 16.9. The number of hydrogen-bond acceptors (Lipinski definition) is 2. The number of hydrogen-bond donors (Lipinski definition) is 1. The van der Waals surface area contributed by atoms with Crippen molar-refractivity contribution < 1.29 is 4.98 Å². The molecular weight excluding hydrogens is 316 g/mol. The average Bonchev–Trinajstić information content (AvgIpc) is 2.63. The van der Waals surface area contributed by atoms with Crippen LogP contribution in [0.5, 0.6) is 0 Å². The first-order valence-electron chi connectivity index (χ1n) is 8.50. The lowest BCUT2D eigenvalue weighted by Crippen LogP contribution is -2.50. The van der Waals surface area contributed by atoms with Crippen molar-refractivity contribution in [2.75, 3.05) is 36.4 Å². The Kier molecular flexibility index (Phi) is 5.30. The molecular formula is C19H25N4S+. The van der Waals surface area contributed by atoms with Gasteiger partial charge in [0.2, 0.25) is 0 Å². The maximum absolute atomic E-state index is 5.59. The Labute approximate surface area is 149 Å². The number of pyridine rings is 1. The van der Waals surface area contributed by atoms with E-state index in [2.05, 4.69) is 70.3 Å². The minimum atomic E-state index is 0.551. The summed E-state index contributed by atoms with van der Waals surface area (Å²) in [6.45, 7) is 8.26. The van der Waals surface area contributed by atoms with E-state index in [1.807, 2.05) is 12.4 Å². The SMILES string of the molecule is CC(C)c1ccc(NC(=S)N2CCN(c3cc[nH+]cc3)CC2)cc1. The van der Waals surface area contributed by atoms with Crippen molar-refractivity contribution in [3.05, 3.63) is 54.4 Å². The Morgan fingerprint density at radius 1 is 1.00 bits per heavy atom. The Balaban J connectivity index is 1.53. The average molecular weight is 342 g/mol. The summed E-state index contributed by atoms with van der Waals surface area (Å²) in [5, 5.41) is 4.18. The third-order valence-corrected chi connectivity index (χ3v) is 4.82. The number of aromatic nitrogens is 1. The predicted molar refractivity (Wildman–Crippen MR) is 104 cm³/mol. The fourth-order valence-electron chi connectivity index (χ4n) is 2.91. The fraction of sp³-hybridized carbons (Fsp3) is 0.368. The number of H-pyrrole nitrogens is 1. The van der Waals surface area contributed by atoms with Gasteiger partial charge in [-0.15, -0.1) is 0 Å². The van der Waals surface area contributed by atoms with Crippen LogP contribution < -0.4 is 15.2 Å². The van der Waals surface area contributed by atoms with Crippen LogP contribution in [-0.2, 0) is 0 Å². The molecule has 0 amide bonds. The molecule has 5 heteroatoms. The number of nitrogens with one attached hydrogen (secondary N) is 2. The lowest BCUT2D eigenvalue weighted by molar-refractivity contribution is -0.377. The highest BCUT2D eigenvalue weighted by Crippen LogP contribution is 2.18. The van der Waals surface area contributed by atoms with Crippen LogP contribution in [0, 0.1) is 0 Å². The van der Waals surface area contributed by atoms with Crippen molar-refractivity contribution in [2.45, 2.75) is 19.8 Å². The minimum Gasteiger partial charge on any atom is -0.368 e. The van der Waals surface area contributed by atoms with Crippen molar-refractivity contribution in [3.63, 3.8) is 0 Å². The van der Waals surface area contributed by atoms with Crippen LogP contribution in [0.3, 0.4) is 0 Å². The summed E-state index contributed by atoms with van der Waals surface area (Å²) < 4.78 is 0. The van der Waals surface area contributed by atoms with Crippen molar-refractivity contribution in [3.8, 4) is 0 Å². The molecule has 126 valence electrons. The standard InChI is InChI=1S/C19H24N4S/c1-15(2)16-3-5-17(6-4-16)21-19(24)23-13-11-22(12-14-23)18-7-9-20-10-8-18/h3-10,15H,11-14H2,1-2H3,(H,21,24)/p+1. The third-order valence-electron chi connectivity index (χ3n) is 4.46. The topological polar surface area (TPSA) is 32.6 Å². The molecule has 0 spiro atoms. The van der Waals surface area contributed by atoms with E-state index in [-0.39, 0.29) is 0 Å². The molecule has 3 rings (SSSR count). The van der Waals surface area contributed by atoms with Gasteiger partial charge in [0.1, 0.15) is 0 Å². The fourth-order valence-corrected chi connectivity index (χ4v) is 3.21. The van der Waals surface area contributed by atoms with E-state index < -0.39 is 0 Å². The molecule has 2 aromatic rings. The van der Waals surface area contributed by atoms with Crippen molar-refractivity contribution in [1.82, 2.24) is 4.90 Å². The highest BCUT2D eigenvalue weighted by atomic mass is 32.1. The quantitative estimate of drug-likeness (QED) is 0.870. The summed E-state index contributed by atoms with van der Waals surface area (Å²) in [4.78, 5) is 7.71. The van der Waals surface area contributed by atoms with Gasteiger partial charge < -0.3 is 15.1 Å². The lowest BCUT2D eigenvalue weighted by Gasteiger charge is -2.37. The van der Waals surface area contributed by atoms with Gasteiger partial charge in [0.05, 0.1) is 0 Å². The molecule has 1 aliphatic rings. The molecule has 0 aliphatic carbocycles. The number of aromatic amines is 1. The maximum atomic E-state index is 5.59. The molecule has 1 aliphatic heterocycles. The Bertz CT molecular complexity index is 662. The van der Waals surface area contributed by atoms with Gasteiger partial charge in [-0.25, -0.2) is 4.98 Å². The number of piperazine rings is 1. The maximum Gasteiger partial charge on any atom is 0.173 e. The molecule has 0 bridgehead atoms. The molecule has 0 unspecified atom stereocenters. The van der Waals surface area contributed by atoms with Crippen LogP contribution in [0.2, 0.25) is 0 Å². The van der Waals surface area contributed by atoms with Crippen molar-refractivity contribution in [2.24, 2.45) is 0 Å². The minimum absolute atomic E-state index is 0.551. The third kappa shape index (κ3) is 4.03. The van der Waals surface area contributed by atoms with Gasteiger partial charge in [0, 0.05) is 49.7 Å². The molecule has 0 radical (unpaired) electrons. The molecule has 2 N–H and O–H groups in total. The number of thiocarbonyl (C=S) groups is 1. The summed E-state index contributed by atoms with van der Waals surface area (Å²) in [7, 11) is 0. The molecule has 4 nitrogen and oxygen atoms in total. The van der Waals surface area contributed by atoms with Gasteiger partial charge in [0.15, 0.2) is 17.5 Å². The summed E-state index contributed by atoms with van der Waals surface area (Å²) >= 11 is 5.59. The Morgan fingerprint density at radius 2 is 1.62 bits per heavy atom. The number of rotatable bonds is 3. The second-order valence-corrected chi connectivity index (χ2v) is 6.83. The van der Waals surface area contributed by atoms with Gasteiger partial charge >= 0.3 is 0 Å². The molecule has 24 heavy (non-hydrogen) atoms. The molecule has 1 fully saturated rings. The summed E-state index contributed by atoms with van der Waals surface area (Å²) in [5.74, 6) is 0.551. The van der Waals surface area contributed by atoms with E-state index in [0.717, 1.165) is 37.0 Å². The van der Waals surface area contributed by atoms with Gasteiger partial charge in [-0.1, -0.05) is 26.0 Å². The Morgan fingerprint density at radius 3 is 2.21 bits per heavy atom. The van der Waals surface area contributed by atoms with Crippen LogP contribution in [0.15, 0.2) is 48.8 Å². The lowest BCUT2D eigenvalue weighted by atomic mass is 10.0.